The van der Waals surface area contributed by atoms with Gasteiger partial charge in [0.25, 0.3) is 0 Å². The van der Waals surface area contributed by atoms with E-state index in [1.54, 1.807) is 12.1 Å². The monoisotopic (exact) mass is 536 g/mol. The molecule has 3 atom stereocenters. The molecule has 0 amide bonds. The zero-order valence-electron chi connectivity index (χ0n) is 20.9. The molecule has 0 aliphatic carbocycles. The fourth-order valence-electron chi connectivity index (χ4n) is 5.45. The fourth-order valence-corrected chi connectivity index (χ4v) is 5.45. The second-order valence-electron chi connectivity index (χ2n) is 9.67. The highest BCUT2D eigenvalue weighted by atomic mass is 35.5. The molecule has 0 unspecified atom stereocenters. The van der Waals surface area contributed by atoms with Gasteiger partial charge in [-0.05, 0) is 52.4 Å². The van der Waals surface area contributed by atoms with Gasteiger partial charge in [0.15, 0.2) is 0 Å². The molecule has 4 nitrogen and oxygen atoms in total. The maximum Gasteiger partial charge on any atom is 0.335 e. The quantitative estimate of drug-likeness (QED) is 0.256. The molecule has 0 saturated carbocycles. The lowest BCUT2D eigenvalue weighted by Gasteiger charge is -2.23. The molecule has 2 N–H and O–H groups in total. The van der Waals surface area contributed by atoms with E-state index in [0.717, 1.165) is 31.7 Å². The van der Waals surface area contributed by atoms with Gasteiger partial charge in [0, 0.05) is 38.1 Å². The Bertz CT molecular complexity index is 1290. The zero-order chi connectivity index (χ0) is 24.2. The van der Waals surface area contributed by atoms with Gasteiger partial charge in [-0.2, -0.15) is 0 Å². The summed E-state index contributed by atoms with van der Waals surface area (Å²) in [5.74, 6) is 0.0724. The predicted octanol–water partition coefficient (Wildman–Crippen LogP) is 6.95. The van der Waals surface area contributed by atoms with Crippen LogP contribution in [0.15, 0.2) is 97.1 Å². The van der Waals surface area contributed by atoms with E-state index in [1.807, 2.05) is 12.1 Å². The molecule has 0 radical (unpaired) electrons. The number of nitrogens with one attached hydrogen (secondary N) is 1. The topological polar surface area (TPSA) is 52.6 Å². The maximum atomic E-state index is 11.2. The van der Waals surface area contributed by atoms with Gasteiger partial charge in [-0.25, -0.2) is 4.79 Å². The highest BCUT2D eigenvalue weighted by Gasteiger charge is 2.33. The largest absolute Gasteiger partial charge is 0.478 e. The van der Waals surface area contributed by atoms with Crippen LogP contribution in [0.1, 0.15) is 45.9 Å². The number of likely N-dealkylation sites (tertiary alicyclic amines) is 1. The second kappa shape index (κ2) is 13.1. The van der Waals surface area contributed by atoms with Crippen molar-refractivity contribution in [2.75, 3.05) is 19.6 Å². The van der Waals surface area contributed by atoms with E-state index in [9.17, 15) is 9.90 Å². The van der Waals surface area contributed by atoms with Gasteiger partial charge in [-0.3, -0.25) is 4.90 Å². The van der Waals surface area contributed by atoms with E-state index in [1.165, 1.54) is 21.9 Å². The average molecular weight is 538 g/mol. The van der Waals surface area contributed by atoms with Crippen LogP contribution >= 0.6 is 24.8 Å². The normalized spacial score (nSPS) is 18.1. The van der Waals surface area contributed by atoms with Crippen molar-refractivity contribution in [3.63, 3.8) is 0 Å². The number of carbonyl (C=O) groups is 1. The number of carboxylic acid groups (broad SMARTS) is 1. The van der Waals surface area contributed by atoms with Crippen LogP contribution in [0, 0.1) is 5.92 Å². The summed E-state index contributed by atoms with van der Waals surface area (Å²) in [6.45, 7) is 6.04. The first-order chi connectivity index (χ1) is 17.1. The number of benzene rings is 4. The van der Waals surface area contributed by atoms with Crippen molar-refractivity contribution in [1.29, 1.82) is 0 Å². The number of hydrogen-bond acceptors (Lipinski definition) is 3. The van der Waals surface area contributed by atoms with Gasteiger partial charge >= 0.3 is 5.97 Å². The molecule has 5 rings (SSSR count). The summed E-state index contributed by atoms with van der Waals surface area (Å²) in [4.78, 5) is 13.7. The van der Waals surface area contributed by atoms with Crippen molar-refractivity contribution in [1.82, 2.24) is 10.2 Å². The molecule has 4 aromatic carbocycles. The number of hydrogen-bond donors (Lipinski definition) is 2. The van der Waals surface area contributed by atoms with E-state index in [2.05, 4.69) is 89.9 Å². The van der Waals surface area contributed by atoms with Crippen LogP contribution in [0.2, 0.25) is 0 Å². The highest BCUT2D eigenvalue weighted by molar-refractivity contribution is 5.87. The molecule has 0 bridgehead atoms. The number of aromatic carboxylic acids is 1. The highest BCUT2D eigenvalue weighted by Crippen LogP contribution is 2.34. The lowest BCUT2D eigenvalue weighted by Crippen LogP contribution is -2.30. The van der Waals surface area contributed by atoms with E-state index in [4.69, 9.17) is 0 Å². The first kappa shape index (κ1) is 28.7. The van der Waals surface area contributed by atoms with E-state index in [-0.39, 0.29) is 30.9 Å². The smallest absolute Gasteiger partial charge is 0.335 e. The van der Waals surface area contributed by atoms with Gasteiger partial charge in [-0.1, -0.05) is 84.9 Å². The van der Waals surface area contributed by atoms with E-state index < -0.39 is 5.97 Å². The molecule has 37 heavy (non-hydrogen) atoms. The standard InChI is InChI=1S/C31H32N2O2.2ClH/c1-22(28-13-7-11-24-10-5-6-12-29(24)28)32-18-27-20-33(21-30(27)25-8-3-2-4-9-25)19-23-14-16-26(17-15-23)31(34)35;;/h2-17,22,27,30,32H,18-21H2,1H3,(H,34,35);2*1H/t22-,27-,30-;;/m1../s1. The molecule has 194 valence electrons. The maximum absolute atomic E-state index is 11.2. The van der Waals surface area contributed by atoms with Crippen LogP contribution < -0.4 is 5.32 Å². The van der Waals surface area contributed by atoms with Crippen LogP contribution in [-0.2, 0) is 6.54 Å². The first-order valence-electron chi connectivity index (χ1n) is 12.4. The summed E-state index contributed by atoms with van der Waals surface area (Å²) in [6.07, 6.45) is 0. The Morgan fingerprint density at radius 3 is 2.30 bits per heavy atom. The van der Waals surface area contributed by atoms with Gasteiger partial charge in [0.1, 0.15) is 0 Å². The van der Waals surface area contributed by atoms with Crippen molar-refractivity contribution < 1.29 is 9.90 Å². The third-order valence-electron chi connectivity index (χ3n) is 7.33. The Kier molecular flexibility index (Phi) is 10.1. The number of rotatable bonds is 8. The Morgan fingerprint density at radius 2 is 1.57 bits per heavy atom. The van der Waals surface area contributed by atoms with Crippen LogP contribution in [0.3, 0.4) is 0 Å². The van der Waals surface area contributed by atoms with Crippen LogP contribution in [0.4, 0.5) is 0 Å². The van der Waals surface area contributed by atoms with Crippen molar-refractivity contribution in [3.8, 4) is 0 Å². The predicted molar refractivity (Wildman–Crippen MR) is 156 cm³/mol. The number of nitrogens with zero attached hydrogens (tertiary/aromatic N) is 1. The van der Waals surface area contributed by atoms with Crippen molar-refractivity contribution in [2.45, 2.75) is 25.4 Å². The van der Waals surface area contributed by atoms with Crippen LogP contribution in [0.25, 0.3) is 10.8 Å². The summed E-state index contributed by atoms with van der Waals surface area (Å²) in [5.41, 5.74) is 4.22. The minimum absolute atomic E-state index is 0. The van der Waals surface area contributed by atoms with Gasteiger partial charge in [-0.15, -0.1) is 24.8 Å². The molecule has 0 aromatic heterocycles. The minimum Gasteiger partial charge on any atom is -0.478 e. The van der Waals surface area contributed by atoms with Gasteiger partial charge < -0.3 is 10.4 Å². The SMILES string of the molecule is C[C@@H](NC[C@@H]1CN(Cc2ccc(C(=O)O)cc2)C[C@@H]1c1ccccc1)c1cccc2ccccc12.Cl.Cl. The van der Waals surface area contributed by atoms with Gasteiger partial charge in [0.2, 0.25) is 0 Å². The third-order valence-corrected chi connectivity index (χ3v) is 7.33. The van der Waals surface area contributed by atoms with Crippen LogP contribution in [-0.4, -0.2) is 35.6 Å². The van der Waals surface area contributed by atoms with Crippen molar-refractivity contribution in [2.24, 2.45) is 5.92 Å². The second-order valence-corrected chi connectivity index (χ2v) is 9.67. The van der Waals surface area contributed by atoms with E-state index in [0.29, 0.717) is 17.4 Å². The molecule has 1 heterocycles. The molecule has 0 spiro atoms. The molecule has 6 heteroatoms. The molecule has 4 aromatic rings. The number of fused-ring (bicyclic) bond motifs is 1. The molecule has 1 aliphatic heterocycles. The summed E-state index contributed by atoms with van der Waals surface area (Å²) < 4.78 is 0. The zero-order valence-corrected chi connectivity index (χ0v) is 22.6. The van der Waals surface area contributed by atoms with Crippen molar-refractivity contribution >= 4 is 41.6 Å². The Labute approximate surface area is 231 Å². The lowest BCUT2D eigenvalue weighted by atomic mass is 9.88. The van der Waals surface area contributed by atoms with Gasteiger partial charge in [0.05, 0.1) is 5.56 Å². The molecular formula is C31H34Cl2N2O2. The number of halogens is 2. The number of carboxylic acids is 1. The summed E-state index contributed by atoms with van der Waals surface area (Å²) in [7, 11) is 0. The van der Waals surface area contributed by atoms with Crippen LogP contribution in [0.5, 0.6) is 0 Å². The molecule has 1 saturated heterocycles. The average Bonchev–Trinajstić information content (AvgIpc) is 3.30. The summed E-state index contributed by atoms with van der Waals surface area (Å²) >= 11 is 0. The molecule has 1 aliphatic rings. The van der Waals surface area contributed by atoms with E-state index >= 15 is 0 Å². The Hall–Kier alpha value is -2.89. The lowest BCUT2D eigenvalue weighted by molar-refractivity contribution is 0.0697. The summed E-state index contributed by atoms with van der Waals surface area (Å²) in [6, 6.07) is 33.5. The minimum atomic E-state index is -0.881. The Balaban J connectivity index is 0.00000190. The Morgan fingerprint density at radius 1 is 0.892 bits per heavy atom. The molecule has 1 fully saturated rings. The fraction of sp³-hybridized carbons (Fsp3) is 0.258. The third kappa shape index (κ3) is 6.71. The molecular weight excluding hydrogens is 503 g/mol. The first-order valence-corrected chi connectivity index (χ1v) is 12.4. The summed E-state index contributed by atoms with van der Waals surface area (Å²) in [5, 5.41) is 15.6. The van der Waals surface area contributed by atoms with Crippen molar-refractivity contribution in [3.05, 3.63) is 119 Å².